The molecule has 3 aromatic rings. The van der Waals surface area contributed by atoms with Gasteiger partial charge < -0.3 is 65.8 Å². The Morgan fingerprint density at radius 3 is 2.27 bits per heavy atom. The van der Waals surface area contributed by atoms with Crippen LogP contribution < -0.4 is 47.7 Å². The number of hydrogen-bond donors (Lipinski definition) is 8. The summed E-state index contributed by atoms with van der Waals surface area (Å²) in [5.74, 6) is -2.69. The van der Waals surface area contributed by atoms with Crippen molar-refractivity contribution in [1.82, 2.24) is 16.0 Å². The Labute approximate surface area is 460 Å². The number of nitrogens with zero attached hydrogens (tertiary/aromatic N) is 1. The van der Waals surface area contributed by atoms with Gasteiger partial charge in [-0.25, -0.2) is 14.4 Å². The second kappa shape index (κ2) is 26.4. The molecule has 10 N–H and O–H groups in total. The molecule has 22 heteroatoms. The first-order valence-corrected chi connectivity index (χ1v) is 26.3. The van der Waals surface area contributed by atoms with Gasteiger partial charge in [-0.15, -0.1) is 0 Å². The minimum Gasteiger partial charge on any atom is -0.496 e. The molecule has 79 heavy (non-hydrogen) atoms. The van der Waals surface area contributed by atoms with Crippen LogP contribution in [0.3, 0.4) is 0 Å². The molecule has 428 valence electrons. The smallest absolute Gasteiger partial charge is 0.411 e. The van der Waals surface area contributed by atoms with Gasteiger partial charge in [-0.1, -0.05) is 82.7 Å². The van der Waals surface area contributed by atoms with E-state index in [0.29, 0.717) is 52.3 Å². The van der Waals surface area contributed by atoms with Gasteiger partial charge in [0.05, 0.1) is 37.3 Å². The summed E-state index contributed by atoms with van der Waals surface area (Å²) in [6.45, 7) is 12.5. The number of methoxy groups -OCH3 is 2. The summed E-state index contributed by atoms with van der Waals surface area (Å²) in [4.78, 5) is 92.8. The van der Waals surface area contributed by atoms with Crippen LogP contribution in [0.5, 0.6) is 5.75 Å². The van der Waals surface area contributed by atoms with E-state index in [2.05, 4.69) is 26.6 Å². The molecule has 0 unspecified atom stereocenters. The second-order valence-electron chi connectivity index (χ2n) is 21.2. The monoisotopic (exact) mass is 1100 g/mol. The summed E-state index contributed by atoms with van der Waals surface area (Å²) >= 11 is 0. The summed E-state index contributed by atoms with van der Waals surface area (Å²) in [7, 11) is 4.59. The zero-order chi connectivity index (χ0) is 57.9. The third-order valence-electron chi connectivity index (χ3n) is 14.4. The number of epoxide rings is 1. The first-order chi connectivity index (χ1) is 37.4. The number of ether oxygens (including phenoxy) is 6. The number of urea groups is 1. The summed E-state index contributed by atoms with van der Waals surface area (Å²) < 4.78 is 35.3. The normalized spacial score (nSPS) is 25.0. The number of fused-ring (bicyclic) bond motifs is 5. The first-order valence-electron chi connectivity index (χ1n) is 26.3. The third-order valence-corrected chi connectivity index (χ3v) is 14.4. The zero-order valence-corrected chi connectivity index (χ0v) is 46.5. The van der Waals surface area contributed by atoms with Crippen molar-refractivity contribution >= 4 is 59.0 Å². The Morgan fingerprint density at radius 1 is 0.962 bits per heavy atom. The van der Waals surface area contributed by atoms with Crippen molar-refractivity contribution in [1.29, 1.82) is 0 Å². The van der Waals surface area contributed by atoms with Crippen LogP contribution in [0.2, 0.25) is 0 Å². The van der Waals surface area contributed by atoms with Gasteiger partial charge in [0.2, 0.25) is 17.7 Å². The number of rotatable bonds is 17. The Morgan fingerprint density at radius 2 is 1.63 bits per heavy atom. The van der Waals surface area contributed by atoms with Gasteiger partial charge >= 0.3 is 24.2 Å². The fourth-order valence-electron chi connectivity index (χ4n) is 9.52. The lowest BCUT2D eigenvalue weighted by Crippen LogP contribution is -2.63. The predicted octanol–water partition coefficient (Wildman–Crippen LogP) is 5.94. The van der Waals surface area contributed by atoms with Gasteiger partial charge in [0.15, 0.2) is 5.72 Å². The van der Waals surface area contributed by atoms with E-state index < -0.39 is 102 Å². The predicted molar refractivity (Wildman–Crippen MR) is 294 cm³/mol. The number of esters is 1. The number of nitrogens with one attached hydrogen (secondary N) is 5. The largest absolute Gasteiger partial charge is 0.496 e. The van der Waals surface area contributed by atoms with E-state index in [-0.39, 0.29) is 38.3 Å². The fraction of sp³-hybridized carbons (Fsp3) is 0.491. The number of carbonyl (C=O) groups is 7. The number of amides is 7. The maximum atomic E-state index is 14.7. The molecule has 3 heterocycles. The molecule has 3 aliphatic rings. The number of hydrogen-bond acceptors (Lipinski definition) is 15. The lowest BCUT2D eigenvalue weighted by molar-refractivity contribution is -0.157. The molecule has 2 fully saturated rings. The molecular formula is C57H76N8O14. The van der Waals surface area contributed by atoms with E-state index in [1.54, 1.807) is 102 Å². The topological polar surface area (TPSA) is 314 Å². The Balaban J connectivity index is 1.20. The van der Waals surface area contributed by atoms with E-state index in [1.807, 2.05) is 32.1 Å². The highest BCUT2D eigenvalue weighted by atomic mass is 16.7. The van der Waals surface area contributed by atoms with Gasteiger partial charge in [0, 0.05) is 50.0 Å². The molecular weight excluding hydrogens is 1020 g/mol. The van der Waals surface area contributed by atoms with Crippen LogP contribution in [0.1, 0.15) is 85.3 Å². The van der Waals surface area contributed by atoms with Gasteiger partial charge in [-0.2, -0.15) is 0 Å². The molecule has 0 saturated carbocycles. The molecule has 3 aliphatic heterocycles. The van der Waals surface area contributed by atoms with Crippen LogP contribution in [-0.4, -0.2) is 123 Å². The maximum absolute atomic E-state index is 14.7. The minimum absolute atomic E-state index is 0.0544. The van der Waals surface area contributed by atoms with Crippen molar-refractivity contribution in [2.75, 3.05) is 43.3 Å². The molecule has 6 rings (SSSR count). The van der Waals surface area contributed by atoms with Crippen molar-refractivity contribution < 1.29 is 67.1 Å². The van der Waals surface area contributed by atoms with E-state index >= 15 is 0 Å². The average molecular weight is 1100 g/mol. The molecule has 2 saturated heterocycles. The van der Waals surface area contributed by atoms with Crippen molar-refractivity contribution in [3.63, 3.8) is 0 Å². The highest BCUT2D eigenvalue weighted by Gasteiger charge is 2.64. The molecule has 9 atom stereocenters. The summed E-state index contributed by atoms with van der Waals surface area (Å²) in [6, 6.07) is 14.8. The highest BCUT2D eigenvalue weighted by Crippen LogP contribution is 2.49. The number of aliphatic hydroxyl groups is 1. The SMILES string of the molecule is COc1cc2cc(c1-c1ccc(NC(=O)OCc3ccc(NC(=O)[C@H](CCCNC(N)=O)NC(=O)[C@@H](N)C(C)C)cc3)cc1)N(C)C(=O)C[C@H](OC(=O)C(C)C)[C@]1(C)O[C@H]1[C@H](C)[C@@H]1C[C@@](O)(NC(=O)O1)[C@H](OC)/C=C/C=C(\C)C2. The van der Waals surface area contributed by atoms with Crippen LogP contribution >= 0.6 is 0 Å². The minimum atomic E-state index is -1.85. The number of nitrogens with two attached hydrogens (primary N) is 2. The molecule has 0 spiro atoms. The van der Waals surface area contributed by atoms with Crippen LogP contribution in [0.4, 0.5) is 31.4 Å². The Bertz CT molecular complexity index is 2770. The van der Waals surface area contributed by atoms with E-state index in [4.69, 9.17) is 39.9 Å². The molecule has 0 radical (unpaired) electrons. The lowest BCUT2D eigenvalue weighted by Gasteiger charge is -2.42. The van der Waals surface area contributed by atoms with Crippen LogP contribution in [-0.2, 0) is 55.9 Å². The van der Waals surface area contributed by atoms with E-state index in [0.717, 1.165) is 11.1 Å². The molecule has 3 aromatic carbocycles. The zero-order valence-electron chi connectivity index (χ0n) is 46.5. The van der Waals surface area contributed by atoms with Crippen LogP contribution in [0, 0.1) is 17.8 Å². The fourth-order valence-corrected chi connectivity index (χ4v) is 9.52. The standard InChI is InChI=1S/C57H76N8O14/c1-31(2)48(58)51(68)63-40(14-12-24-60-53(59)70)50(67)61-38-20-16-35(17-21-38)30-76-54(71)62-39-22-18-37(19-23-39)47-41-26-36(27-42(47)74-9)25-33(5)13-11-15-44(75-10)57(73)29-43(77-55(72)64-57)34(6)49-56(7,79-49)45(28-46(66)65(41)8)78-52(69)32(3)4/h11,13,15-23,26-27,31-32,34,40,43-45,48-49,73H,12,14,24-25,28-30,58H2,1-10H3,(H,61,67)(H,62,71)(H,63,68)(H,64,72)(H3,59,60,70)/b15-11+,33-13+/t34-,40+,43+,44-,45+,48+,49+,56+,57+/m1/s1. The highest BCUT2D eigenvalue weighted by molar-refractivity contribution is 6.00. The van der Waals surface area contributed by atoms with Gasteiger partial charge in [-0.05, 0) is 92.1 Å². The molecule has 0 aromatic heterocycles. The Kier molecular flexibility index (Phi) is 20.3. The number of carbonyl (C=O) groups excluding carboxylic acids is 7. The van der Waals surface area contributed by atoms with E-state index in [1.165, 1.54) is 19.1 Å². The number of primary amides is 1. The number of benzene rings is 3. The van der Waals surface area contributed by atoms with Crippen LogP contribution in [0.25, 0.3) is 11.1 Å². The van der Waals surface area contributed by atoms with Gasteiger partial charge in [0.25, 0.3) is 0 Å². The average Bonchev–Trinajstić information content (AvgIpc) is 4.25. The maximum Gasteiger partial charge on any atom is 0.411 e. The first kappa shape index (κ1) is 60.7. The summed E-state index contributed by atoms with van der Waals surface area (Å²) in [5.41, 5.74) is 13.0. The van der Waals surface area contributed by atoms with Crippen molar-refractivity contribution in [2.45, 2.75) is 135 Å². The van der Waals surface area contributed by atoms with Crippen molar-refractivity contribution in [3.8, 4) is 16.9 Å². The molecule has 7 amide bonds. The Hall–Kier alpha value is -7.53. The van der Waals surface area contributed by atoms with Crippen molar-refractivity contribution in [2.24, 2.45) is 29.2 Å². The number of alkyl carbamates (subject to hydrolysis) is 1. The second-order valence-corrected chi connectivity index (χ2v) is 21.2. The lowest BCUT2D eigenvalue weighted by atomic mass is 9.83. The van der Waals surface area contributed by atoms with E-state index in [9.17, 15) is 38.7 Å². The number of allylic oxidation sites excluding steroid dienone is 3. The summed E-state index contributed by atoms with van der Waals surface area (Å²) in [5, 5.41) is 25.1. The van der Waals surface area contributed by atoms with Gasteiger partial charge in [-0.3, -0.25) is 29.8 Å². The van der Waals surface area contributed by atoms with Gasteiger partial charge in [0.1, 0.15) is 42.3 Å². The van der Waals surface area contributed by atoms with Crippen molar-refractivity contribution in [3.05, 3.63) is 95.6 Å². The third kappa shape index (κ3) is 15.6. The molecule has 22 nitrogen and oxygen atoms in total. The van der Waals surface area contributed by atoms with Crippen LogP contribution in [0.15, 0.2) is 84.5 Å². The molecule has 0 aliphatic carbocycles. The molecule has 4 bridgehead atoms. The summed E-state index contributed by atoms with van der Waals surface area (Å²) in [6.07, 6.45) is 0.770. The quantitative estimate of drug-likeness (QED) is 0.0336. The number of anilines is 3.